The molecule has 0 unspecified atom stereocenters. The van der Waals surface area contributed by atoms with Gasteiger partial charge in [0.25, 0.3) is 0 Å². The third-order valence-corrected chi connectivity index (χ3v) is 8.52. The summed E-state index contributed by atoms with van der Waals surface area (Å²) in [5.74, 6) is 0. The summed E-state index contributed by atoms with van der Waals surface area (Å²) in [5, 5.41) is 18.5. The van der Waals surface area contributed by atoms with Crippen LogP contribution in [0.3, 0.4) is 0 Å². The number of thiazole rings is 2. The van der Waals surface area contributed by atoms with Gasteiger partial charge in [0.2, 0.25) is 10.3 Å². The molecule has 4 aromatic heterocycles. The molecule has 31 heavy (non-hydrogen) atoms. The van der Waals surface area contributed by atoms with Crippen molar-refractivity contribution in [3.8, 4) is 0 Å². The molecule has 0 bridgehead atoms. The topological polar surface area (TPSA) is 75.2 Å². The second-order valence-electron chi connectivity index (χ2n) is 6.92. The minimum Gasteiger partial charge on any atom is -0.206 e. The van der Waals surface area contributed by atoms with E-state index in [1.165, 1.54) is 27.3 Å². The SMILES string of the molecule is CCCCc1cc2sc(N=Nc3ccc(N=Nc4nc5sc(C)cc5s4)cc3)nc2s1. The highest BCUT2D eigenvalue weighted by Gasteiger charge is 2.08. The second-order valence-corrected chi connectivity index (χ2v) is 11.3. The van der Waals surface area contributed by atoms with Crippen LogP contribution in [0.1, 0.15) is 29.5 Å². The summed E-state index contributed by atoms with van der Waals surface area (Å²) in [6, 6.07) is 11.9. The predicted molar refractivity (Wildman–Crippen MR) is 133 cm³/mol. The van der Waals surface area contributed by atoms with Gasteiger partial charge in [-0.15, -0.1) is 43.1 Å². The molecule has 4 heterocycles. The van der Waals surface area contributed by atoms with Crippen LogP contribution in [0.25, 0.3) is 19.1 Å². The number of hydrogen-bond acceptors (Lipinski definition) is 10. The fourth-order valence-electron chi connectivity index (χ4n) is 2.96. The van der Waals surface area contributed by atoms with Crippen molar-refractivity contribution in [3.05, 3.63) is 46.2 Å². The van der Waals surface area contributed by atoms with Crippen LogP contribution in [0.4, 0.5) is 21.6 Å². The molecule has 5 rings (SSSR count). The number of aryl methyl sites for hydroxylation is 2. The predicted octanol–water partition coefficient (Wildman–Crippen LogP) is 9.51. The first-order chi connectivity index (χ1) is 15.2. The number of aromatic nitrogens is 2. The van der Waals surface area contributed by atoms with E-state index in [1.54, 1.807) is 45.3 Å². The molecule has 0 aliphatic heterocycles. The summed E-state index contributed by atoms with van der Waals surface area (Å²) in [7, 11) is 0. The largest absolute Gasteiger partial charge is 0.231 e. The maximum atomic E-state index is 4.59. The molecule has 6 nitrogen and oxygen atoms in total. The molecule has 10 heteroatoms. The van der Waals surface area contributed by atoms with Gasteiger partial charge in [-0.1, -0.05) is 36.0 Å². The van der Waals surface area contributed by atoms with Crippen molar-refractivity contribution in [2.75, 3.05) is 0 Å². The Morgan fingerprint density at radius 2 is 1.32 bits per heavy atom. The Balaban J connectivity index is 1.24. The van der Waals surface area contributed by atoms with E-state index in [0.29, 0.717) is 10.3 Å². The minimum atomic E-state index is 0.673. The fourth-order valence-corrected chi connectivity index (χ4v) is 6.99. The van der Waals surface area contributed by atoms with E-state index in [9.17, 15) is 0 Å². The molecule has 5 aromatic rings. The zero-order chi connectivity index (χ0) is 21.2. The molecule has 0 saturated carbocycles. The van der Waals surface area contributed by atoms with Gasteiger partial charge in [-0.05, 0) is 56.2 Å². The maximum absolute atomic E-state index is 4.59. The normalized spacial score (nSPS) is 12.3. The fraction of sp³-hybridized carbons (Fsp3) is 0.238. The van der Waals surface area contributed by atoms with Crippen molar-refractivity contribution in [2.45, 2.75) is 33.1 Å². The summed E-state index contributed by atoms with van der Waals surface area (Å²) in [5.41, 5.74) is 1.51. The van der Waals surface area contributed by atoms with E-state index in [1.807, 2.05) is 24.3 Å². The lowest BCUT2D eigenvalue weighted by atomic mass is 10.2. The second kappa shape index (κ2) is 8.99. The van der Waals surface area contributed by atoms with Gasteiger partial charge in [-0.2, -0.15) is 0 Å². The molecule has 0 atom stereocenters. The Hall–Kier alpha value is -2.40. The summed E-state index contributed by atoms with van der Waals surface area (Å²) in [6.45, 7) is 4.30. The van der Waals surface area contributed by atoms with Gasteiger partial charge in [0, 0.05) is 9.75 Å². The molecule has 0 saturated heterocycles. The number of azo groups is 2. The van der Waals surface area contributed by atoms with E-state index in [-0.39, 0.29) is 0 Å². The molecule has 156 valence electrons. The number of hydrogen-bond donors (Lipinski definition) is 0. The summed E-state index contributed by atoms with van der Waals surface area (Å²) >= 11 is 6.57. The highest BCUT2D eigenvalue weighted by molar-refractivity contribution is 7.29. The van der Waals surface area contributed by atoms with Crippen molar-refractivity contribution < 1.29 is 0 Å². The zero-order valence-corrected chi connectivity index (χ0v) is 20.2. The molecule has 0 amide bonds. The molecule has 0 spiro atoms. The summed E-state index contributed by atoms with van der Waals surface area (Å²) in [6.07, 6.45) is 3.56. The van der Waals surface area contributed by atoms with Gasteiger partial charge in [0.15, 0.2) is 0 Å². The van der Waals surface area contributed by atoms with Gasteiger partial charge >= 0.3 is 0 Å². The molecular weight excluding hydrogens is 465 g/mol. The Labute approximate surface area is 195 Å². The minimum absolute atomic E-state index is 0.673. The first kappa shape index (κ1) is 20.5. The quantitative estimate of drug-likeness (QED) is 0.217. The Kier molecular flexibility index (Phi) is 5.95. The molecule has 0 N–H and O–H groups in total. The van der Waals surface area contributed by atoms with Crippen LogP contribution >= 0.6 is 45.3 Å². The lowest BCUT2D eigenvalue weighted by Crippen LogP contribution is -1.76. The number of fused-ring (bicyclic) bond motifs is 2. The van der Waals surface area contributed by atoms with Crippen molar-refractivity contribution in [1.82, 2.24) is 9.97 Å². The number of benzene rings is 1. The monoisotopic (exact) mass is 482 g/mol. The molecule has 0 aliphatic carbocycles. The number of nitrogens with zero attached hydrogens (tertiary/aromatic N) is 6. The Morgan fingerprint density at radius 1 is 0.742 bits per heavy atom. The third-order valence-electron chi connectivity index (χ3n) is 4.46. The van der Waals surface area contributed by atoms with Crippen LogP contribution in [0.15, 0.2) is 56.9 Å². The van der Waals surface area contributed by atoms with Crippen molar-refractivity contribution in [2.24, 2.45) is 20.5 Å². The van der Waals surface area contributed by atoms with Crippen LogP contribution in [0, 0.1) is 6.92 Å². The Morgan fingerprint density at radius 3 is 1.87 bits per heavy atom. The average molecular weight is 483 g/mol. The van der Waals surface area contributed by atoms with E-state index in [2.05, 4.69) is 56.4 Å². The zero-order valence-electron chi connectivity index (χ0n) is 16.9. The van der Waals surface area contributed by atoms with Crippen LogP contribution in [-0.2, 0) is 6.42 Å². The number of rotatable bonds is 7. The average Bonchev–Trinajstić information content (AvgIpc) is 3.49. The van der Waals surface area contributed by atoms with Gasteiger partial charge < -0.3 is 0 Å². The smallest absolute Gasteiger partial charge is 0.206 e. The molecule has 0 aliphatic rings. The highest BCUT2D eigenvalue weighted by atomic mass is 32.1. The lowest BCUT2D eigenvalue weighted by Gasteiger charge is -1.93. The maximum Gasteiger partial charge on any atom is 0.231 e. The van der Waals surface area contributed by atoms with E-state index < -0.39 is 0 Å². The highest BCUT2D eigenvalue weighted by Crippen LogP contribution is 2.36. The van der Waals surface area contributed by atoms with E-state index in [4.69, 9.17) is 0 Å². The van der Waals surface area contributed by atoms with E-state index >= 15 is 0 Å². The summed E-state index contributed by atoms with van der Waals surface area (Å²) < 4.78 is 2.35. The van der Waals surface area contributed by atoms with Crippen molar-refractivity contribution in [3.63, 3.8) is 0 Å². The van der Waals surface area contributed by atoms with Gasteiger partial charge in [-0.3, -0.25) is 0 Å². The number of unbranched alkanes of at least 4 members (excludes halogenated alkanes) is 1. The van der Waals surface area contributed by atoms with Crippen LogP contribution in [0.2, 0.25) is 0 Å². The van der Waals surface area contributed by atoms with Gasteiger partial charge in [0.05, 0.1) is 20.8 Å². The molecule has 1 aromatic carbocycles. The lowest BCUT2D eigenvalue weighted by molar-refractivity contribution is 0.804. The standard InChI is InChI=1S/C21H18N6S4/c1-3-4-5-15-11-17-19(29-15)23-21(31-17)27-25-14-8-6-13(7-9-14)24-26-20-22-18-16(30-20)10-12(2)28-18/h6-11H,3-5H2,1-2H3. The molecule has 0 radical (unpaired) electrons. The Bertz CT molecular complexity index is 1320. The van der Waals surface area contributed by atoms with Crippen LogP contribution in [-0.4, -0.2) is 9.97 Å². The van der Waals surface area contributed by atoms with Crippen molar-refractivity contribution >= 4 is 86.0 Å². The van der Waals surface area contributed by atoms with Crippen molar-refractivity contribution in [1.29, 1.82) is 0 Å². The van der Waals surface area contributed by atoms with Gasteiger partial charge in [0.1, 0.15) is 9.66 Å². The first-order valence-electron chi connectivity index (χ1n) is 9.86. The van der Waals surface area contributed by atoms with Gasteiger partial charge in [-0.25, -0.2) is 9.97 Å². The molecule has 0 fully saturated rings. The molecular formula is C21H18N6S4. The number of thiophene rings is 2. The summed E-state index contributed by atoms with van der Waals surface area (Å²) in [4.78, 5) is 13.8. The first-order valence-corrected chi connectivity index (χ1v) is 13.1. The third kappa shape index (κ3) is 4.77. The van der Waals surface area contributed by atoms with Crippen LogP contribution < -0.4 is 0 Å². The van der Waals surface area contributed by atoms with E-state index in [0.717, 1.165) is 32.2 Å². The van der Waals surface area contributed by atoms with Crippen LogP contribution in [0.5, 0.6) is 0 Å².